The Kier molecular flexibility index (Phi) is 5.63. The Morgan fingerprint density at radius 2 is 2.36 bits per heavy atom. The fraction of sp³-hybridized carbons (Fsp3) is 0.263. The molecule has 1 amide bonds. The van der Waals surface area contributed by atoms with E-state index in [4.69, 9.17) is 10.00 Å². The average molecular weight is 402 g/mol. The highest BCUT2D eigenvalue weighted by atomic mass is 32.2. The number of carbonyl (C=O) groups excluding carboxylic acids is 1. The third-order valence-corrected chi connectivity index (χ3v) is 5.74. The van der Waals surface area contributed by atoms with Crippen molar-refractivity contribution in [2.75, 3.05) is 11.9 Å². The maximum absolute atomic E-state index is 13.5. The number of nitrogens with one attached hydrogen (secondary N) is 2. The van der Waals surface area contributed by atoms with Crippen LogP contribution in [0.5, 0.6) is 5.75 Å². The first-order chi connectivity index (χ1) is 13.3. The van der Waals surface area contributed by atoms with Crippen LogP contribution in [0, 0.1) is 23.1 Å². The number of benzene rings is 1. The van der Waals surface area contributed by atoms with Crippen LogP contribution in [-0.4, -0.2) is 27.3 Å². The molecule has 3 atom stereocenters. The Morgan fingerprint density at radius 3 is 3.04 bits per heavy atom. The number of carbonyl (C=O) groups is 1. The average Bonchev–Trinajstić information content (AvgIpc) is 2.93. The highest BCUT2D eigenvalue weighted by Crippen LogP contribution is 2.32. The summed E-state index contributed by atoms with van der Waals surface area (Å²) in [6.45, 7) is 5.88. The molecule has 0 bridgehead atoms. The second-order valence-electron chi connectivity index (χ2n) is 6.44. The van der Waals surface area contributed by atoms with Gasteiger partial charge in [0.1, 0.15) is 34.4 Å². The Morgan fingerprint density at radius 1 is 1.61 bits per heavy atom. The number of ether oxygens (including phenoxy) is 1. The van der Waals surface area contributed by atoms with E-state index in [0.29, 0.717) is 4.90 Å². The standard InChI is InChI=1S/C19H19FN4O3S/c1-4-11(2)15-10-27-18-16(28(26)23-15)9-24(3)17(18)19(25)22-13-5-6-14(20)12(7-13)8-21/h4-7,9,11,15,23H,1,10H2,2-3H3,(H,22,25). The van der Waals surface area contributed by atoms with Gasteiger partial charge in [0.05, 0.1) is 11.6 Å². The van der Waals surface area contributed by atoms with Gasteiger partial charge in [0.2, 0.25) is 0 Å². The minimum absolute atomic E-state index is 0.0163. The molecular weight excluding hydrogens is 383 g/mol. The van der Waals surface area contributed by atoms with Crippen LogP contribution in [0.1, 0.15) is 23.0 Å². The van der Waals surface area contributed by atoms with Gasteiger partial charge in [-0.3, -0.25) is 4.79 Å². The summed E-state index contributed by atoms with van der Waals surface area (Å²) in [7, 11) is 0.0765. The van der Waals surface area contributed by atoms with E-state index in [1.165, 1.54) is 16.7 Å². The molecule has 3 unspecified atom stereocenters. The summed E-state index contributed by atoms with van der Waals surface area (Å²) in [5, 5.41) is 11.6. The molecule has 0 saturated heterocycles. The van der Waals surface area contributed by atoms with E-state index >= 15 is 0 Å². The molecule has 2 aromatic rings. The van der Waals surface area contributed by atoms with E-state index < -0.39 is 22.7 Å². The molecule has 3 rings (SSSR count). The first kappa shape index (κ1) is 19.8. The summed E-state index contributed by atoms with van der Waals surface area (Å²) < 4.78 is 36.5. The number of aromatic nitrogens is 1. The molecule has 28 heavy (non-hydrogen) atoms. The second-order valence-corrected chi connectivity index (χ2v) is 7.65. The molecular formula is C19H19FN4O3S. The van der Waals surface area contributed by atoms with Crippen LogP contribution < -0.4 is 14.8 Å². The van der Waals surface area contributed by atoms with E-state index in [-0.39, 0.29) is 41.3 Å². The van der Waals surface area contributed by atoms with Gasteiger partial charge in [0.25, 0.3) is 5.91 Å². The fourth-order valence-electron chi connectivity index (χ4n) is 2.82. The topological polar surface area (TPSA) is 96.2 Å². The maximum atomic E-state index is 13.5. The Hall–Kier alpha value is -2.96. The lowest BCUT2D eigenvalue weighted by atomic mass is 10.0. The van der Waals surface area contributed by atoms with Crippen LogP contribution in [0.2, 0.25) is 0 Å². The molecule has 0 spiro atoms. The van der Waals surface area contributed by atoms with Crippen molar-refractivity contribution in [3.8, 4) is 11.8 Å². The van der Waals surface area contributed by atoms with Crippen molar-refractivity contribution in [2.24, 2.45) is 13.0 Å². The fourth-order valence-corrected chi connectivity index (χ4v) is 4.08. The molecule has 0 saturated carbocycles. The number of fused-ring (bicyclic) bond motifs is 1. The molecule has 1 aromatic carbocycles. The first-order valence-electron chi connectivity index (χ1n) is 8.49. The number of hydrogen-bond donors (Lipinski definition) is 2. The van der Waals surface area contributed by atoms with Crippen LogP contribution in [-0.2, 0) is 18.0 Å². The van der Waals surface area contributed by atoms with Crippen LogP contribution in [0.4, 0.5) is 10.1 Å². The number of nitriles is 1. The molecule has 2 heterocycles. The summed E-state index contributed by atoms with van der Waals surface area (Å²) in [5.74, 6) is -0.943. The number of anilines is 1. The number of halogens is 1. The zero-order valence-electron chi connectivity index (χ0n) is 15.4. The maximum Gasteiger partial charge on any atom is 0.276 e. The molecule has 2 N–H and O–H groups in total. The molecule has 0 fully saturated rings. The van der Waals surface area contributed by atoms with Crippen molar-refractivity contribution in [1.29, 1.82) is 5.26 Å². The molecule has 1 aromatic heterocycles. The third kappa shape index (κ3) is 3.69. The quantitative estimate of drug-likeness (QED) is 0.768. The predicted octanol–water partition coefficient (Wildman–Crippen LogP) is 2.48. The van der Waals surface area contributed by atoms with E-state index in [2.05, 4.69) is 16.6 Å². The summed E-state index contributed by atoms with van der Waals surface area (Å²) in [6, 6.07) is 5.22. The Labute approximate surface area is 164 Å². The van der Waals surface area contributed by atoms with Gasteiger partial charge in [0, 0.05) is 18.9 Å². The van der Waals surface area contributed by atoms with Crippen molar-refractivity contribution in [3.05, 3.63) is 54.1 Å². The zero-order valence-corrected chi connectivity index (χ0v) is 16.2. The van der Waals surface area contributed by atoms with Crippen LogP contribution in [0.25, 0.3) is 0 Å². The van der Waals surface area contributed by atoms with Crippen molar-refractivity contribution in [1.82, 2.24) is 9.29 Å². The van der Waals surface area contributed by atoms with E-state index in [9.17, 15) is 13.4 Å². The van der Waals surface area contributed by atoms with Gasteiger partial charge < -0.3 is 14.6 Å². The van der Waals surface area contributed by atoms with Gasteiger partial charge in [0.15, 0.2) is 11.4 Å². The van der Waals surface area contributed by atoms with E-state index in [0.717, 1.165) is 6.07 Å². The molecule has 1 aliphatic rings. The van der Waals surface area contributed by atoms with Gasteiger partial charge in [-0.15, -0.1) is 6.58 Å². The lowest BCUT2D eigenvalue weighted by Crippen LogP contribution is -2.38. The summed E-state index contributed by atoms with van der Waals surface area (Å²) in [6.07, 6.45) is 3.31. The number of amides is 1. The third-order valence-electron chi connectivity index (χ3n) is 4.53. The first-order valence-corrected chi connectivity index (χ1v) is 9.64. The molecule has 7 nitrogen and oxygen atoms in total. The monoisotopic (exact) mass is 402 g/mol. The normalized spacial score (nSPS) is 19.5. The number of rotatable bonds is 4. The zero-order chi connectivity index (χ0) is 20.4. The second kappa shape index (κ2) is 7.96. The molecule has 9 heteroatoms. The number of nitrogens with zero attached hydrogens (tertiary/aromatic N) is 2. The summed E-state index contributed by atoms with van der Waals surface area (Å²) in [4.78, 5) is 13.2. The number of hydrogen-bond acceptors (Lipinski definition) is 4. The van der Waals surface area contributed by atoms with E-state index in [1.54, 1.807) is 25.4 Å². The van der Waals surface area contributed by atoms with Crippen molar-refractivity contribution in [2.45, 2.75) is 17.9 Å². The molecule has 0 radical (unpaired) electrons. The van der Waals surface area contributed by atoms with Crippen molar-refractivity contribution < 1.29 is 18.1 Å². The highest BCUT2D eigenvalue weighted by molar-refractivity contribution is 7.83. The predicted molar refractivity (Wildman–Crippen MR) is 103 cm³/mol. The summed E-state index contributed by atoms with van der Waals surface area (Å²) in [5.41, 5.74) is 0.273. The van der Waals surface area contributed by atoms with Crippen molar-refractivity contribution in [3.63, 3.8) is 0 Å². The molecule has 146 valence electrons. The Bertz CT molecular complexity index is 1010. The van der Waals surface area contributed by atoms with Gasteiger partial charge in [-0.2, -0.15) is 5.26 Å². The van der Waals surface area contributed by atoms with Crippen molar-refractivity contribution >= 4 is 22.6 Å². The minimum Gasteiger partial charge on any atom is -0.488 e. The lowest BCUT2D eigenvalue weighted by Gasteiger charge is -2.19. The highest BCUT2D eigenvalue weighted by Gasteiger charge is 2.31. The Balaban J connectivity index is 1.90. The van der Waals surface area contributed by atoms with Crippen LogP contribution >= 0.6 is 0 Å². The summed E-state index contributed by atoms with van der Waals surface area (Å²) >= 11 is 0. The van der Waals surface area contributed by atoms with Crippen LogP contribution in [0.15, 0.2) is 41.9 Å². The molecule has 1 aliphatic heterocycles. The van der Waals surface area contributed by atoms with Gasteiger partial charge >= 0.3 is 0 Å². The lowest BCUT2D eigenvalue weighted by molar-refractivity contribution is 0.101. The number of aryl methyl sites for hydroxylation is 1. The van der Waals surface area contributed by atoms with Gasteiger partial charge in [-0.1, -0.05) is 13.0 Å². The van der Waals surface area contributed by atoms with Crippen LogP contribution in [0.3, 0.4) is 0 Å². The minimum atomic E-state index is -1.56. The largest absolute Gasteiger partial charge is 0.488 e. The smallest absolute Gasteiger partial charge is 0.276 e. The molecule has 0 aliphatic carbocycles. The van der Waals surface area contributed by atoms with Gasteiger partial charge in [-0.25, -0.2) is 13.3 Å². The van der Waals surface area contributed by atoms with Gasteiger partial charge in [-0.05, 0) is 24.1 Å². The SMILES string of the molecule is C=CC(C)C1COc2c(cn(C)c2C(=O)Nc2ccc(F)c(C#N)c2)S(=O)N1. The van der Waals surface area contributed by atoms with E-state index in [1.807, 2.05) is 6.92 Å².